The van der Waals surface area contributed by atoms with Crippen molar-refractivity contribution < 1.29 is 4.79 Å². The van der Waals surface area contributed by atoms with Crippen LogP contribution in [-0.4, -0.2) is 34.9 Å². The van der Waals surface area contributed by atoms with Gasteiger partial charge in [-0.05, 0) is 25.2 Å². The molecule has 20 heavy (non-hydrogen) atoms. The number of nitrogens with zero attached hydrogens (tertiary/aromatic N) is 2. The number of aromatic nitrogens is 1. The molecule has 1 aromatic heterocycles. The first-order chi connectivity index (χ1) is 9.63. The third-order valence-corrected chi connectivity index (χ3v) is 5.45. The molecule has 110 valence electrons. The summed E-state index contributed by atoms with van der Waals surface area (Å²) in [7, 11) is 0. The highest BCUT2D eigenvalue weighted by atomic mass is 32.1. The minimum atomic E-state index is 0.198. The number of hydrogen-bond acceptors (Lipinski definition) is 4. The monoisotopic (exact) mass is 293 g/mol. The van der Waals surface area contributed by atoms with E-state index in [-0.39, 0.29) is 5.91 Å². The zero-order valence-electron chi connectivity index (χ0n) is 12.3. The molecule has 2 fully saturated rings. The van der Waals surface area contributed by atoms with Crippen LogP contribution < -0.4 is 5.32 Å². The van der Waals surface area contributed by atoms with Crippen LogP contribution in [0.15, 0.2) is 5.38 Å². The summed E-state index contributed by atoms with van der Waals surface area (Å²) in [5, 5.41) is 7.14. The molecule has 1 aliphatic heterocycles. The van der Waals surface area contributed by atoms with Crippen LogP contribution in [0.3, 0.4) is 0 Å². The number of likely N-dealkylation sites (tertiary alicyclic amines) is 1. The van der Waals surface area contributed by atoms with Crippen LogP contribution in [0.1, 0.15) is 49.7 Å². The molecule has 1 N–H and O–H groups in total. The summed E-state index contributed by atoms with van der Waals surface area (Å²) in [4.78, 5) is 18.1. The van der Waals surface area contributed by atoms with Crippen molar-refractivity contribution >= 4 is 17.2 Å². The van der Waals surface area contributed by atoms with E-state index in [1.54, 1.807) is 6.92 Å². The van der Waals surface area contributed by atoms with Gasteiger partial charge in [-0.1, -0.05) is 6.92 Å². The number of carbonyl (C=O) groups is 1. The molecular weight excluding hydrogens is 270 g/mol. The Bertz CT molecular complexity index is 483. The minimum absolute atomic E-state index is 0.198. The minimum Gasteiger partial charge on any atom is -0.343 e. The third-order valence-electron chi connectivity index (χ3n) is 4.39. The van der Waals surface area contributed by atoms with Crippen molar-refractivity contribution in [2.75, 3.05) is 13.1 Å². The highest BCUT2D eigenvalue weighted by molar-refractivity contribution is 7.09. The molecule has 1 saturated carbocycles. The maximum atomic E-state index is 11.4. The van der Waals surface area contributed by atoms with Gasteiger partial charge >= 0.3 is 0 Å². The molecule has 1 saturated heterocycles. The quantitative estimate of drug-likeness (QED) is 0.927. The molecule has 0 spiro atoms. The molecule has 2 aliphatic rings. The Morgan fingerprint density at radius 1 is 1.50 bits per heavy atom. The summed E-state index contributed by atoms with van der Waals surface area (Å²) in [5.74, 6) is 1.46. The van der Waals surface area contributed by atoms with E-state index in [2.05, 4.69) is 17.6 Å². The van der Waals surface area contributed by atoms with E-state index in [4.69, 9.17) is 4.98 Å². The third kappa shape index (κ3) is 3.20. The molecule has 5 heteroatoms. The van der Waals surface area contributed by atoms with Gasteiger partial charge in [0.1, 0.15) is 0 Å². The number of thiazole rings is 1. The number of hydrogen-bond donors (Lipinski definition) is 1. The Hall–Kier alpha value is -0.940. The molecule has 0 aromatic carbocycles. The summed E-state index contributed by atoms with van der Waals surface area (Å²) in [6.07, 6.45) is 3.68. The number of carbonyl (C=O) groups excluding carboxylic acids is 1. The predicted octanol–water partition coefficient (Wildman–Crippen LogP) is 2.37. The molecule has 4 nitrogen and oxygen atoms in total. The lowest BCUT2D eigenvalue weighted by molar-refractivity contribution is -0.130. The van der Waals surface area contributed by atoms with Crippen LogP contribution in [0.2, 0.25) is 0 Å². The Kier molecular flexibility index (Phi) is 4.08. The second-order valence-corrected chi connectivity index (χ2v) is 7.06. The smallest absolute Gasteiger partial charge is 0.219 e. The maximum absolute atomic E-state index is 11.4. The topological polar surface area (TPSA) is 45.2 Å². The number of nitrogens with one attached hydrogen (secondary N) is 1. The Labute approximate surface area is 124 Å². The van der Waals surface area contributed by atoms with Crippen molar-refractivity contribution in [1.82, 2.24) is 15.2 Å². The standard InChI is InChI=1S/C15H23N3OS/c1-10-8-18(11(2)19)6-5-14(10)16-7-13-9-20-15(17-13)12-3-4-12/h9-10,12,14,16H,3-8H2,1-2H3/t10-,14-/m0/s1. The van der Waals surface area contributed by atoms with Crippen molar-refractivity contribution in [3.05, 3.63) is 16.1 Å². The summed E-state index contributed by atoms with van der Waals surface area (Å²) >= 11 is 1.81. The number of amides is 1. The highest BCUT2D eigenvalue weighted by Crippen LogP contribution is 2.41. The Balaban J connectivity index is 1.49. The first-order valence-electron chi connectivity index (χ1n) is 7.56. The van der Waals surface area contributed by atoms with Crippen molar-refractivity contribution in [3.8, 4) is 0 Å². The van der Waals surface area contributed by atoms with Crippen molar-refractivity contribution in [2.24, 2.45) is 5.92 Å². The fourth-order valence-electron chi connectivity index (χ4n) is 2.89. The molecule has 1 amide bonds. The van der Waals surface area contributed by atoms with E-state index < -0.39 is 0 Å². The molecule has 1 aromatic rings. The fourth-order valence-corrected chi connectivity index (χ4v) is 3.88. The van der Waals surface area contributed by atoms with Gasteiger partial charge in [0.2, 0.25) is 5.91 Å². The first kappa shape index (κ1) is 14.0. The van der Waals surface area contributed by atoms with Gasteiger partial charge in [-0.25, -0.2) is 4.98 Å². The lowest BCUT2D eigenvalue weighted by Crippen LogP contribution is -2.49. The molecule has 3 rings (SSSR count). The molecule has 0 bridgehead atoms. The average molecular weight is 293 g/mol. The van der Waals surface area contributed by atoms with Crippen molar-refractivity contribution in [2.45, 2.75) is 51.6 Å². The largest absolute Gasteiger partial charge is 0.343 e. The van der Waals surface area contributed by atoms with E-state index in [0.29, 0.717) is 12.0 Å². The second-order valence-electron chi connectivity index (χ2n) is 6.17. The molecule has 2 atom stereocenters. The zero-order valence-corrected chi connectivity index (χ0v) is 13.1. The molecule has 2 heterocycles. The van der Waals surface area contributed by atoms with Crippen LogP contribution in [0.4, 0.5) is 0 Å². The van der Waals surface area contributed by atoms with Gasteiger partial charge in [0.25, 0.3) is 0 Å². The van der Waals surface area contributed by atoms with Gasteiger partial charge < -0.3 is 10.2 Å². The maximum Gasteiger partial charge on any atom is 0.219 e. The summed E-state index contributed by atoms with van der Waals surface area (Å²) in [5.41, 5.74) is 1.18. The van der Waals surface area contributed by atoms with Gasteiger partial charge in [0.05, 0.1) is 10.7 Å². The predicted molar refractivity (Wildman–Crippen MR) is 80.8 cm³/mol. The van der Waals surface area contributed by atoms with E-state index >= 15 is 0 Å². The summed E-state index contributed by atoms with van der Waals surface area (Å²) < 4.78 is 0. The zero-order chi connectivity index (χ0) is 14.1. The van der Waals surface area contributed by atoms with Gasteiger partial charge in [0, 0.05) is 43.9 Å². The van der Waals surface area contributed by atoms with E-state index in [9.17, 15) is 4.79 Å². The van der Waals surface area contributed by atoms with Crippen molar-refractivity contribution in [1.29, 1.82) is 0 Å². The normalized spacial score (nSPS) is 26.8. The van der Waals surface area contributed by atoms with Crippen molar-refractivity contribution in [3.63, 3.8) is 0 Å². The summed E-state index contributed by atoms with van der Waals surface area (Å²) in [6.45, 7) is 6.50. The average Bonchev–Trinajstić information content (AvgIpc) is 3.17. The summed E-state index contributed by atoms with van der Waals surface area (Å²) in [6, 6.07) is 0.497. The van der Waals surface area contributed by atoms with E-state index in [1.807, 2.05) is 16.2 Å². The molecular formula is C15H23N3OS. The van der Waals surface area contributed by atoms with Crippen LogP contribution in [-0.2, 0) is 11.3 Å². The number of piperidine rings is 1. The van der Waals surface area contributed by atoms with Gasteiger partial charge in [-0.2, -0.15) is 0 Å². The fraction of sp³-hybridized carbons (Fsp3) is 0.733. The van der Waals surface area contributed by atoms with E-state index in [0.717, 1.165) is 32.0 Å². The van der Waals surface area contributed by atoms with E-state index in [1.165, 1.54) is 23.5 Å². The first-order valence-corrected chi connectivity index (χ1v) is 8.44. The highest BCUT2D eigenvalue weighted by Gasteiger charge is 2.28. The van der Waals surface area contributed by atoms with Crippen LogP contribution in [0.5, 0.6) is 0 Å². The number of rotatable bonds is 4. The lowest BCUT2D eigenvalue weighted by Gasteiger charge is -2.36. The van der Waals surface area contributed by atoms with Crippen LogP contribution in [0.25, 0.3) is 0 Å². The second kappa shape index (κ2) is 5.82. The lowest BCUT2D eigenvalue weighted by atomic mass is 9.94. The van der Waals surface area contributed by atoms with Crippen LogP contribution in [0, 0.1) is 5.92 Å². The molecule has 0 unspecified atom stereocenters. The van der Waals surface area contributed by atoms with Crippen LogP contribution >= 0.6 is 11.3 Å². The Morgan fingerprint density at radius 3 is 2.95 bits per heavy atom. The molecule has 0 radical (unpaired) electrons. The van der Waals surface area contributed by atoms with Gasteiger partial charge in [-0.15, -0.1) is 11.3 Å². The molecule has 1 aliphatic carbocycles. The Morgan fingerprint density at radius 2 is 2.30 bits per heavy atom. The SMILES string of the molecule is CC(=O)N1CC[C@H](NCc2csc(C3CC3)n2)[C@@H](C)C1. The van der Waals surface area contributed by atoms with Gasteiger partial charge in [-0.3, -0.25) is 4.79 Å². The van der Waals surface area contributed by atoms with Gasteiger partial charge in [0.15, 0.2) is 0 Å².